The highest BCUT2D eigenvalue weighted by molar-refractivity contribution is 8.19. The zero-order valence-corrected chi connectivity index (χ0v) is 19.1. The minimum atomic E-state index is -0.300. The molecule has 3 rings (SSSR count). The zero-order chi connectivity index (χ0) is 20.8. The fourth-order valence-corrected chi connectivity index (χ4v) is 6.31. The van der Waals surface area contributed by atoms with E-state index in [1.165, 1.54) is 5.56 Å². The summed E-state index contributed by atoms with van der Waals surface area (Å²) in [6.07, 6.45) is 0.758. The van der Waals surface area contributed by atoms with E-state index in [0.29, 0.717) is 32.4 Å². The molecular weight excluding hydrogens is 447 g/mol. The van der Waals surface area contributed by atoms with Crippen molar-refractivity contribution in [2.45, 2.75) is 17.9 Å². The van der Waals surface area contributed by atoms with Crippen LogP contribution in [0.15, 0.2) is 42.5 Å². The molecule has 1 aliphatic heterocycles. The molecule has 0 radical (unpaired) electrons. The van der Waals surface area contributed by atoms with Crippen LogP contribution in [0.5, 0.6) is 0 Å². The number of carbonyl (C=O) groups excluding carboxylic acids is 2. The number of benzene rings is 2. The molecule has 1 fully saturated rings. The molecule has 0 unspecified atom stereocenters. The van der Waals surface area contributed by atoms with Crippen molar-refractivity contribution in [1.29, 1.82) is 0 Å². The van der Waals surface area contributed by atoms with Crippen molar-refractivity contribution in [2.75, 3.05) is 29.9 Å². The van der Waals surface area contributed by atoms with Crippen LogP contribution in [0.3, 0.4) is 0 Å². The Hall–Kier alpha value is -1.34. The largest absolute Gasteiger partial charge is 0.329 e. The van der Waals surface area contributed by atoms with Crippen molar-refractivity contribution in [3.05, 3.63) is 63.6 Å². The maximum atomic E-state index is 13.0. The van der Waals surface area contributed by atoms with Crippen LogP contribution in [-0.2, 0) is 4.79 Å². The molecule has 1 heterocycles. The monoisotopic (exact) mass is 468 g/mol. The van der Waals surface area contributed by atoms with Gasteiger partial charge in [-0.1, -0.05) is 42.3 Å². The van der Waals surface area contributed by atoms with Crippen LogP contribution in [0.1, 0.15) is 33.8 Å². The Bertz CT molecular complexity index is 871. The summed E-state index contributed by atoms with van der Waals surface area (Å²) in [7, 11) is 0. The summed E-state index contributed by atoms with van der Waals surface area (Å²) in [6, 6.07) is 12.6. The van der Waals surface area contributed by atoms with E-state index in [1.54, 1.807) is 23.1 Å². The highest BCUT2D eigenvalue weighted by Crippen LogP contribution is 2.45. The van der Waals surface area contributed by atoms with Gasteiger partial charge < -0.3 is 10.2 Å². The average Bonchev–Trinajstić information content (AvgIpc) is 3.24. The molecule has 0 spiro atoms. The number of hydrogen-bond acceptors (Lipinski definition) is 4. The molecule has 0 bridgehead atoms. The highest BCUT2D eigenvalue weighted by Gasteiger charge is 2.21. The number of hydrogen-bond donors (Lipinski definition) is 1. The van der Waals surface area contributed by atoms with Crippen LogP contribution in [0.4, 0.5) is 5.69 Å². The van der Waals surface area contributed by atoms with Crippen LogP contribution in [0.2, 0.25) is 10.0 Å². The summed E-state index contributed by atoms with van der Waals surface area (Å²) >= 11 is 15.9. The quantitative estimate of drug-likeness (QED) is 0.544. The van der Waals surface area contributed by atoms with Crippen LogP contribution < -0.4 is 5.32 Å². The lowest BCUT2D eigenvalue weighted by Crippen LogP contribution is -2.38. The average molecular weight is 469 g/mol. The fraction of sp³-hybridized carbons (Fsp3) is 0.333. The first-order valence-electron chi connectivity index (χ1n) is 9.35. The third-order valence-electron chi connectivity index (χ3n) is 4.37. The maximum Gasteiger partial charge on any atom is 0.254 e. The van der Waals surface area contributed by atoms with E-state index < -0.39 is 0 Å². The summed E-state index contributed by atoms with van der Waals surface area (Å²) in [6.45, 7) is 2.43. The van der Waals surface area contributed by atoms with Crippen LogP contribution in [0.25, 0.3) is 0 Å². The smallest absolute Gasteiger partial charge is 0.254 e. The highest BCUT2D eigenvalue weighted by atomic mass is 35.5. The number of anilines is 1. The molecule has 0 aromatic heterocycles. The third-order valence-corrected chi connectivity index (χ3v) is 8.02. The number of nitrogens with one attached hydrogen (secondary N) is 1. The van der Waals surface area contributed by atoms with Crippen molar-refractivity contribution in [3.8, 4) is 0 Å². The van der Waals surface area contributed by atoms with E-state index in [1.807, 2.05) is 54.7 Å². The molecule has 0 atom stereocenters. The fourth-order valence-electron chi connectivity index (χ4n) is 2.99. The molecule has 1 saturated heterocycles. The van der Waals surface area contributed by atoms with Gasteiger partial charge >= 0.3 is 0 Å². The molecule has 2 amide bonds. The third kappa shape index (κ3) is 6.07. The zero-order valence-electron chi connectivity index (χ0n) is 16.0. The molecule has 0 aliphatic carbocycles. The van der Waals surface area contributed by atoms with Gasteiger partial charge in [0.15, 0.2) is 0 Å². The number of nitrogens with zero attached hydrogens (tertiary/aromatic N) is 1. The van der Waals surface area contributed by atoms with Gasteiger partial charge in [0.25, 0.3) is 5.91 Å². The second-order valence-corrected chi connectivity index (χ2v) is 10.2. The Morgan fingerprint density at radius 1 is 1.10 bits per heavy atom. The second kappa shape index (κ2) is 10.6. The Labute approximate surface area is 189 Å². The molecule has 1 N–H and O–H groups in total. The van der Waals surface area contributed by atoms with Gasteiger partial charge in [-0.15, -0.1) is 23.5 Å². The van der Waals surface area contributed by atoms with Crippen LogP contribution in [0, 0.1) is 0 Å². The Balaban J connectivity index is 1.66. The molecule has 4 nitrogen and oxygen atoms in total. The molecule has 29 heavy (non-hydrogen) atoms. The van der Waals surface area contributed by atoms with Crippen molar-refractivity contribution in [1.82, 2.24) is 4.90 Å². The predicted octanol–water partition coefficient (Wildman–Crippen LogP) is 5.96. The summed E-state index contributed by atoms with van der Waals surface area (Å²) in [4.78, 5) is 27.0. The number of halogens is 2. The van der Waals surface area contributed by atoms with Gasteiger partial charge in [0.2, 0.25) is 5.91 Å². The minimum Gasteiger partial charge on any atom is -0.329 e. The van der Waals surface area contributed by atoms with Gasteiger partial charge in [-0.25, -0.2) is 0 Å². The standard InChI is InChI=1S/C21H22Cl2N2O2S2/c1-2-9-25(13-19(26)24-18-8-7-16(22)12-17(18)23)20(27)14-3-5-15(6-4-14)21-28-10-11-29-21/h3-8,12,21H,2,9-11,13H2,1H3,(H,24,26). The predicted molar refractivity (Wildman–Crippen MR) is 125 cm³/mol. The number of carbonyl (C=O) groups is 2. The Morgan fingerprint density at radius 3 is 2.41 bits per heavy atom. The van der Waals surface area contributed by atoms with Gasteiger partial charge in [-0.05, 0) is 42.3 Å². The van der Waals surface area contributed by atoms with Crippen molar-refractivity contribution in [3.63, 3.8) is 0 Å². The Morgan fingerprint density at radius 2 is 1.79 bits per heavy atom. The van der Waals surface area contributed by atoms with Gasteiger partial charge in [0.05, 0.1) is 15.3 Å². The van der Waals surface area contributed by atoms with E-state index in [2.05, 4.69) is 5.32 Å². The van der Waals surface area contributed by atoms with Gasteiger partial charge in [-0.3, -0.25) is 9.59 Å². The second-order valence-electron chi connectivity index (χ2n) is 6.59. The first-order valence-corrected chi connectivity index (χ1v) is 12.2. The summed E-state index contributed by atoms with van der Waals surface area (Å²) < 4.78 is 0.445. The normalized spacial score (nSPS) is 14.0. The number of amides is 2. The summed E-state index contributed by atoms with van der Waals surface area (Å²) in [5.74, 6) is 1.87. The molecule has 1 aliphatic rings. The molecule has 154 valence electrons. The number of thioether (sulfide) groups is 2. The van der Waals surface area contributed by atoms with Crippen molar-refractivity contribution in [2.24, 2.45) is 0 Å². The molecular formula is C21H22Cl2N2O2S2. The first-order chi connectivity index (χ1) is 14.0. The van der Waals surface area contributed by atoms with Crippen LogP contribution in [-0.4, -0.2) is 41.3 Å². The van der Waals surface area contributed by atoms with E-state index >= 15 is 0 Å². The molecule has 2 aromatic carbocycles. The van der Waals surface area contributed by atoms with E-state index in [9.17, 15) is 9.59 Å². The molecule has 0 saturated carbocycles. The van der Waals surface area contributed by atoms with E-state index in [-0.39, 0.29) is 18.4 Å². The van der Waals surface area contributed by atoms with E-state index in [4.69, 9.17) is 23.2 Å². The number of rotatable bonds is 7. The lowest BCUT2D eigenvalue weighted by atomic mass is 10.1. The van der Waals surface area contributed by atoms with Gasteiger partial charge in [0.1, 0.15) is 6.54 Å². The van der Waals surface area contributed by atoms with Crippen molar-refractivity contribution < 1.29 is 9.59 Å². The van der Waals surface area contributed by atoms with Gasteiger partial charge in [-0.2, -0.15) is 0 Å². The summed E-state index contributed by atoms with van der Waals surface area (Å²) in [5, 5.41) is 3.60. The molecule has 2 aromatic rings. The van der Waals surface area contributed by atoms with E-state index in [0.717, 1.165) is 17.9 Å². The Kier molecular flexibility index (Phi) is 8.18. The van der Waals surface area contributed by atoms with Crippen molar-refractivity contribution >= 4 is 64.2 Å². The SMILES string of the molecule is CCCN(CC(=O)Nc1ccc(Cl)cc1Cl)C(=O)c1ccc(C2SCCS2)cc1. The van der Waals surface area contributed by atoms with Crippen LogP contribution >= 0.6 is 46.7 Å². The van der Waals surface area contributed by atoms with Gasteiger partial charge in [0, 0.05) is 28.6 Å². The maximum absolute atomic E-state index is 13.0. The minimum absolute atomic E-state index is 0.0400. The first kappa shape index (κ1) is 22.3. The lowest BCUT2D eigenvalue weighted by molar-refractivity contribution is -0.116. The molecule has 8 heteroatoms. The summed E-state index contributed by atoms with van der Waals surface area (Å²) in [5.41, 5.74) is 2.29. The lowest BCUT2D eigenvalue weighted by Gasteiger charge is -2.22. The topological polar surface area (TPSA) is 49.4 Å².